The van der Waals surface area contributed by atoms with Gasteiger partial charge in [-0.15, -0.1) is 0 Å². The van der Waals surface area contributed by atoms with Crippen LogP contribution in [0.5, 0.6) is 0 Å². The first-order chi connectivity index (χ1) is 7.34. The summed E-state index contributed by atoms with van der Waals surface area (Å²) in [6.07, 6.45) is 5.97. The van der Waals surface area contributed by atoms with E-state index in [1.54, 1.807) is 0 Å². The largest absolute Gasteiger partial charge is 0.287 e. The van der Waals surface area contributed by atoms with Gasteiger partial charge in [-0.1, -0.05) is 36.4 Å². The number of fused-ring (bicyclic) bond motifs is 2. The number of nitrogens with one attached hydrogen (secondary N) is 2. The van der Waals surface area contributed by atoms with Crippen molar-refractivity contribution in [3.8, 4) is 0 Å². The minimum absolute atomic E-state index is 0.00935. The van der Waals surface area contributed by atoms with Crippen molar-refractivity contribution < 1.29 is 4.79 Å². The van der Waals surface area contributed by atoms with Gasteiger partial charge in [0.1, 0.15) is 0 Å². The number of hydrogen-bond donors (Lipinski definition) is 2. The van der Waals surface area contributed by atoms with Gasteiger partial charge in [-0.2, -0.15) is 0 Å². The topological polar surface area (TPSA) is 41.1 Å². The quantitative estimate of drug-likeness (QED) is 0.655. The summed E-state index contributed by atoms with van der Waals surface area (Å²) >= 11 is 0. The zero-order valence-corrected chi connectivity index (χ0v) is 8.03. The first kappa shape index (κ1) is 8.44. The van der Waals surface area contributed by atoms with Crippen molar-refractivity contribution in [1.29, 1.82) is 0 Å². The molecule has 1 atom stereocenters. The van der Waals surface area contributed by atoms with Crippen LogP contribution in [0.3, 0.4) is 0 Å². The molecule has 0 spiro atoms. The lowest BCUT2D eigenvalue weighted by atomic mass is 10.1. The van der Waals surface area contributed by atoms with Gasteiger partial charge in [0.15, 0.2) is 0 Å². The molecule has 1 saturated heterocycles. The molecular formula is C12H10N2O. The molecule has 1 unspecified atom stereocenters. The van der Waals surface area contributed by atoms with E-state index in [9.17, 15) is 4.79 Å². The average molecular weight is 198 g/mol. The lowest BCUT2D eigenvalue weighted by Gasteiger charge is -1.99. The Bertz CT molecular complexity index is 488. The summed E-state index contributed by atoms with van der Waals surface area (Å²) in [5, 5.41) is 0. The zero-order valence-electron chi connectivity index (χ0n) is 8.03. The minimum atomic E-state index is -0.0404. The van der Waals surface area contributed by atoms with Gasteiger partial charge < -0.3 is 0 Å². The Hall–Kier alpha value is -1.87. The Kier molecular flexibility index (Phi) is 1.73. The van der Waals surface area contributed by atoms with Crippen LogP contribution < -0.4 is 10.9 Å². The van der Waals surface area contributed by atoms with Crippen molar-refractivity contribution in [1.82, 2.24) is 10.9 Å². The molecule has 2 aliphatic rings. The van der Waals surface area contributed by atoms with Crippen molar-refractivity contribution in [2.24, 2.45) is 0 Å². The van der Waals surface area contributed by atoms with Gasteiger partial charge in [-0.3, -0.25) is 10.2 Å². The van der Waals surface area contributed by atoms with Crippen LogP contribution in [-0.4, -0.2) is 11.9 Å². The van der Waals surface area contributed by atoms with Crippen molar-refractivity contribution in [2.45, 2.75) is 6.04 Å². The summed E-state index contributed by atoms with van der Waals surface area (Å²) in [5.74, 6) is -0.0404. The molecule has 74 valence electrons. The highest BCUT2D eigenvalue weighted by molar-refractivity contribution is 6.02. The molecule has 0 radical (unpaired) electrons. The molecule has 3 heteroatoms. The summed E-state index contributed by atoms with van der Waals surface area (Å²) in [5.41, 5.74) is 8.55. The SMILES string of the molecule is O=C1NNC2C=Cc3ccccc3C=C12. The highest BCUT2D eigenvalue weighted by Crippen LogP contribution is 2.22. The van der Waals surface area contributed by atoms with E-state index >= 15 is 0 Å². The lowest BCUT2D eigenvalue weighted by Crippen LogP contribution is -2.30. The highest BCUT2D eigenvalue weighted by Gasteiger charge is 2.26. The van der Waals surface area contributed by atoms with E-state index in [0.717, 1.165) is 16.7 Å². The molecule has 0 bridgehead atoms. The number of carbonyl (C=O) groups excluding carboxylic acids is 1. The number of amides is 1. The molecule has 3 rings (SSSR count). The third kappa shape index (κ3) is 1.28. The van der Waals surface area contributed by atoms with Gasteiger partial charge in [0.25, 0.3) is 5.91 Å². The van der Waals surface area contributed by atoms with Crippen molar-refractivity contribution >= 4 is 18.1 Å². The van der Waals surface area contributed by atoms with Crippen LogP contribution in [0, 0.1) is 0 Å². The fourth-order valence-electron chi connectivity index (χ4n) is 1.90. The average Bonchev–Trinajstić information content (AvgIpc) is 2.51. The number of hydrogen-bond acceptors (Lipinski definition) is 2. The summed E-state index contributed by atoms with van der Waals surface area (Å²) in [6.45, 7) is 0. The van der Waals surface area contributed by atoms with Crippen LogP contribution in [0.4, 0.5) is 0 Å². The predicted octanol–water partition coefficient (Wildman–Crippen LogP) is 1.10. The smallest absolute Gasteiger partial charge is 0.263 e. The maximum Gasteiger partial charge on any atom is 0.263 e. The van der Waals surface area contributed by atoms with Crippen molar-refractivity contribution in [3.05, 3.63) is 47.0 Å². The minimum Gasteiger partial charge on any atom is -0.287 e. The van der Waals surface area contributed by atoms with E-state index in [0.29, 0.717) is 0 Å². The molecule has 1 aromatic rings. The van der Waals surface area contributed by atoms with Crippen molar-refractivity contribution in [3.63, 3.8) is 0 Å². The second kappa shape index (κ2) is 3.07. The normalized spacial score (nSPS) is 22.5. The number of benzene rings is 1. The Balaban J connectivity index is 2.18. The summed E-state index contributed by atoms with van der Waals surface area (Å²) in [6, 6.07) is 8.02. The Morgan fingerprint density at radius 2 is 1.93 bits per heavy atom. The first-order valence-electron chi connectivity index (χ1n) is 4.89. The monoisotopic (exact) mass is 198 g/mol. The van der Waals surface area contributed by atoms with E-state index < -0.39 is 0 Å². The molecule has 1 aromatic carbocycles. The van der Waals surface area contributed by atoms with Crippen LogP contribution >= 0.6 is 0 Å². The second-order valence-electron chi connectivity index (χ2n) is 3.66. The number of carbonyl (C=O) groups is 1. The summed E-state index contributed by atoms with van der Waals surface area (Å²) in [4.78, 5) is 11.5. The van der Waals surface area contributed by atoms with Crippen LogP contribution in [0.15, 0.2) is 35.9 Å². The van der Waals surface area contributed by atoms with E-state index in [4.69, 9.17) is 0 Å². The van der Waals surface area contributed by atoms with Crippen LogP contribution in [0.1, 0.15) is 11.1 Å². The third-order valence-corrected chi connectivity index (χ3v) is 2.71. The van der Waals surface area contributed by atoms with E-state index in [-0.39, 0.29) is 11.9 Å². The molecule has 3 nitrogen and oxygen atoms in total. The predicted molar refractivity (Wildman–Crippen MR) is 58.5 cm³/mol. The fourth-order valence-corrected chi connectivity index (χ4v) is 1.90. The number of rotatable bonds is 0. The maximum absolute atomic E-state index is 11.5. The van der Waals surface area contributed by atoms with Gasteiger partial charge in [0.2, 0.25) is 0 Å². The van der Waals surface area contributed by atoms with E-state index in [1.165, 1.54) is 0 Å². The third-order valence-electron chi connectivity index (χ3n) is 2.71. The maximum atomic E-state index is 11.5. The zero-order chi connectivity index (χ0) is 10.3. The van der Waals surface area contributed by atoms with Gasteiger partial charge in [0.05, 0.1) is 6.04 Å². The van der Waals surface area contributed by atoms with Gasteiger partial charge >= 0.3 is 0 Å². The molecule has 15 heavy (non-hydrogen) atoms. The van der Waals surface area contributed by atoms with Crippen LogP contribution in [-0.2, 0) is 4.79 Å². The van der Waals surface area contributed by atoms with E-state index in [2.05, 4.69) is 10.9 Å². The second-order valence-corrected chi connectivity index (χ2v) is 3.66. The van der Waals surface area contributed by atoms with Gasteiger partial charge in [-0.05, 0) is 17.2 Å². The molecule has 1 aliphatic heterocycles. The summed E-state index contributed by atoms with van der Waals surface area (Å²) < 4.78 is 0. The van der Waals surface area contributed by atoms with Gasteiger partial charge in [-0.25, -0.2) is 5.43 Å². The standard InChI is InChI=1S/C12H10N2O/c15-12-10-7-9-4-2-1-3-8(9)5-6-11(10)13-14-12/h1-7,11,13H,(H,14,15). The molecule has 1 fully saturated rings. The molecule has 1 amide bonds. The molecule has 1 aliphatic carbocycles. The number of hydrazine groups is 1. The Morgan fingerprint density at radius 1 is 1.13 bits per heavy atom. The molecule has 1 heterocycles. The van der Waals surface area contributed by atoms with Gasteiger partial charge in [0, 0.05) is 5.57 Å². The molecule has 2 N–H and O–H groups in total. The first-order valence-corrected chi connectivity index (χ1v) is 4.89. The molecule has 0 saturated carbocycles. The molecular weight excluding hydrogens is 188 g/mol. The Morgan fingerprint density at radius 3 is 2.80 bits per heavy atom. The lowest BCUT2D eigenvalue weighted by molar-refractivity contribution is -0.116. The van der Waals surface area contributed by atoms with Crippen LogP contribution in [0.25, 0.3) is 12.2 Å². The summed E-state index contributed by atoms with van der Waals surface area (Å²) in [7, 11) is 0. The molecule has 0 aromatic heterocycles. The van der Waals surface area contributed by atoms with E-state index in [1.807, 2.05) is 42.5 Å². The van der Waals surface area contributed by atoms with Crippen LogP contribution in [0.2, 0.25) is 0 Å². The van der Waals surface area contributed by atoms with Crippen molar-refractivity contribution in [2.75, 3.05) is 0 Å². The Labute approximate surface area is 87.5 Å². The fraction of sp³-hybridized carbons (Fsp3) is 0.0833. The highest BCUT2D eigenvalue weighted by atomic mass is 16.2.